The lowest BCUT2D eigenvalue weighted by Gasteiger charge is -2.38. The maximum Gasteiger partial charge on any atom is 0.411 e. The Hall–Kier alpha value is -5.26. The van der Waals surface area contributed by atoms with E-state index >= 15 is 26.3 Å². The van der Waals surface area contributed by atoms with Crippen molar-refractivity contribution in [3.05, 3.63) is 123 Å². The van der Waals surface area contributed by atoms with E-state index in [1.807, 2.05) is 31.2 Å². The quantitative estimate of drug-likeness (QED) is 0.160. The largest absolute Gasteiger partial charge is 0.411 e. The standard InChI is InChI=1S/C37H28F6N2O4/c1-19-8-6-7-9-24(19)25-15-12-23(16-20(25)2)44-30(46)26-13-10-21(17-28(26)31(44)47)35(36(38,39)40,37(41,42)43)22-11-14-27-29(18-22)33(49)45(32(27)48)34(3,4)5/h6-18H,1-5H3. The fourth-order valence-electron chi connectivity index (χ4n) is 6.74. The number of fused-ring (bicyclic) bond motifs is 2. The summed E-state index contributed by atoms with van der Waals surface area (Å²) >= 11 is 0. The average Bonchev–Trinajstić information content (AvgIpc) is 3.40. The predicted molar refractivity (Wildman–Crippen MR) is 169 cm³/mol. The molecule has 2 aliphatic heterocycles. The lowest BCUT2D eigenvalue weighted by molar-refractivity contribution is -0.288. The molecule has 0 bridgehead atoms. The second kappa shape index (κ2) is 10.9. The molecule has 0 unspecified atom stereocenters. The van der Waals surface area contributed by atoms with E-state index in [9.17, 15) is 19.2 Å². The van der Waals surface area contributed by atoms with E-state index in [2.05, 4.69) is 0 Å². The van der Waals surface area contributed by atoms with Crippen LogP contribution in [0.5, 0.6) is 0 Å². The van der Waals surface area contributed by atoms with Gasteiger partial charge in [-0.1, -0.05) is 42.5 Å². The Bertz CT molecular complexity index is 2100. The summed E-state index contributed by atoms with van der Waals surface area (Å²) < 4.78 is 90.6. The number of imide groups is 2. The molecule has 0 aliphatic carbocycles. The number of alkyl halides is 6. The number of anilines is 1. The van der Waals surface area contributed by atoms with E-state index in [4.69, 9.17) is 0 Å². The Balaban J connectivity index is 1.48. The lowest BCUT2D eigenvalue weighted by atomic mass is 9.71. The first kappa shape index (κ1) is 33.6. The van der Waals surface area contributed by atoms with Gasteiger partial charge in [-0.2, -0.15) is 26.3 Å². The highest BCUT2D eigenvalue weighted by Crippen LogP contribution is 2.57. The number of halogens is 6. The van der Waals surface area contributed by atoms with Crippen molar-refractivity contribution in [2.24, 2.45) is 0 Å². The SMILES string of the molecule is Cc1ccccc1-c1ccc(N2C(=O)c3ccc(C(c4ccc5c(c4)C(=O)N(C(C)(C)C)C5=O)(C(F)(F)F)C(F)(F)F)cc3C2=O)cc1C. The summed E-state index contributed by atoms with van der Waals surface area (Å²) in [5.41, 5.74) is -7.15. The fraction of sp³-hybridized carbons (Fsp3) is 0.243. The number of rotatable bonds is 4. The number of hydrogen-bond acceptors (Lipinski definition) is 4. The molecular formula is C37H28F6N2O4. The van der Waals surface area contributed by atoms with E-state index in [1.54, 1.807) is 19.1 Å². The van der Waals surface area contributed by atoms with E-state index in [0.29, 0.717) is 34.7 Å². The van der Waals surface area contributed by atoms with Crippen molar-refractivity contribution in [1.82, 2.24) is 4.90 Å². The fourth-order valence-corrected chi connectivity index (χ4v) is 6.74. The van der Waals surface area contributed by atoms with Crippen LogP contribution in [-0.2, 0) is 5.41 Å². The minimum absolute atomic E-state index is 0.0886. The third kappa shape index (κ3) is 4.87. The molecule has 0 atom stereocenters. The Labute approximate surface area is 276 Å². The molecule has 0 spiro atoms. The Morgan fingerprint density at radius 1 is 0.490 bits per heavy atom. The van der Waals surface area contributed by atoms with Gasteiger partial charge in [0.2, 0.25) is 5.41 Å². The first-order valence-corrected chi connectivity index (χ1v) is 15.1. The van der Waals surface area contributed by atoms with Crippen LogP contribution in [0.2, 0.25) is 0 Å². The van der Waals surface area contributed by atoms with Crippen LogP contribution in [0.1, 0.15) is 84.5 Å². The van der Waals surface area contributed by atoms with Crippen molar-refractivity contribution in [2.75, 3.05) is 4.90 Å². The van der Waals surface area contributed by atoms with Crippen LogP contribution >= 0.6 is 0 Å². The molecule has 0 saturated heterocycles. The zero-order chi connectivity index (χ0) is 36.0. The average molecular weight is 679 g/mol. The molecule has 4 aromatic carbocycles. The molecule has 252 valence electrons. The summed E-state index contributed by atoms with van der Waals surface area (Å²) in [6.45, 7) is 8.15. The molecular weight excluding hydrogens is 650 g/mol. The summed E-state index contributed by atoms with van der Waals surface area (Å²) in [4.78, 5) is 54.7. The summed E-state index contributed by atoms with van der Waals surface area (Å²) in [7, 11) is 0. The zero-order valence-corrected chi connectivity index (χ0v) is 26.8. The number of nitrogens with zero attached hydrogens (tertiary/aromatic N) is 2. The van der Waals surface area contributed by atoms with Gasteiger partial charge < -0.3 is 0 Å². The number of carbonyl (C=O) groups is 4. The van der Waals surface area contributed by atoms with Crippen LogP contribution in [-0.4, -0.2) is 46.4 Å². The van der Waals surface area contributed by atoms with Gasteiger partial charge in [0.15, 0.2) is 0 Å². The highest BCUT2D eigenvalue weighted by molar-refractivity contribution is 6.34. The molecule has 0 radical (unpaired) electrons. The summed E-state index contributed by atoms with van der Waals surface area (Å²) in [6, 6.07) is 15.7. The first-order valence-electron chi connectivity index (χ1n) is 15.1. The molecule has 0 saturated carbocycles. The number of aryl methyl sites for hydroxylation is 2. The van der Waals surface area contributed by atoms with Crippen molar-refractivity contribution < 1.29 is 45.5 Å². The maximum atomic E-state index is 15.1. The molecule has 0 aromatic heterocycles. The van der Waals surface area contributed by atoms with E-state index in [1.165, 1.54) is 26.8 Å². The molecule has 0 N–H and O–H groups in total. The van der Waals surface area contributed by atoms with Crippen molar-refractivity contribution in [3.63, 3.8) is 0 Å². The smallest absolute Gasteiger partial charge is 0.269 e. The van der Waals surface area contributed by atoms with Gasteiger partial charge in [0.05, 0.1) is 27.9 Å². The summed E-state index contributed by atoms with van der Waals surface area (Å²) in [5, 5.41) is 0. The normalized spacial score (nSPS) is 15.3. The van der Waals surface area contributed by atoms with Gasteiger partial charge in [0.1, 0.15) is 0 Å². The number of hydrogen-bond donors (Lipinski definition) is 0. The van der Waals surface area contributed by atoms with Gasteiger partial charge in [0.25, 0.3) is 23.6 Å². The molecule has 0 fully saturated rings. The number of benzene rings is 4. The van der Waals surface area contributed by atoms with Crippen molar-refractivity contribution in [3.8, 4) is 11.1 Å². The molecule has 6 rings (SSSR count). The van der Waals surface area contributed by atoms with Gasteiger partial charge in [-0.25, -0.2) is 4.90 Å². The minimum atomic E-state index is -6.06. The molecule has 2 heterocycles. The monoisotopic (exact) mass is 678 g/mol. The minimum Gasteiger partial charge on any atom is -0.269 e. The van der Waals surface area contributed by atoms with E-state index in [0.717, 1.165) is 33.7 Å². The Morgan fingerprint density at radius 3 is 1.45 bits per heavy atom. The zero-order valence-electron chi connectivity index (χ0n) is 26.8. The van der Waals surface area contributed by atoms with Crippen molar-refractivity contribution >= 4 is 29.3 Å². The van der Waals surface area contributed by atoms with Gasteiger partial charge in [-0.15, -0.1) is 0 Å². The second-order valence-corrected chi connectivity index (χ2v) is 13.1. The molecule has 4 amide bonds. The van der Waals surface area contributed by atoms with E-state index < -0.39 is 69.2 Å². The number of carbonyl (C=O) groups excluding carboxylic acids is 4. The third-order valence-corrected chi connectivity index (χ3v) is 9.06. The van der Waals surface area contributed by atoms with Gasteiger partial charge in [0, 0.05) is 5.54 Å². The van der Waals surface area contributed by atoms with Crippen LogP contribution < -0.4 is 4.90 Å². The third-order valence-electron chi connectivity index (χ3n) is 9.06. The predicted octanol–water partition coefficient (Wildman–Crippen LogP) is 8.58. The van der Waals surface area contributed by atoms with Gasteiger partial charge in [-0.3, -0.25) is 24.1 Å². The molecule has 4 aromatic rings. The van der Waals surface area contributed by atoms with E-state index in [-0.39, 0.29) is 16.8 Å². The highest BCUT2D eigenvalue weighted by atomic mass is 19.4. The van der Waals surface area contributed by atoms with Crippen LogP contribution in [0.4, 0.5) is 32.0 Å². The number of amides is 4. The Kier molecular flexibility index (Phi) is 7.47. The first-order chi connectivity index (χ1) is 22.7. The Morgan fingerprint density at radius 2 is 0.939 bits per heavy atom. The van der Waals surface area contributed by atoms with Crippen molar-refractivity contribution in [2.45, 2.75) is 57.9 Å². The highest BCUT2D eigenvalue weighted by Gasteiger charge is 2.73. The topological polar surface area (TPSA) is 74.8 Å². The van der Waals surface area contributed by atoms with Crippen LogP contribution in [0.25, 0.3) is 11.1 Å². The molecule has 2 aliphatic rings. The molecule has 49 heavy (non-hydrogen) atoms. The van der Waals surface area contributed by atoms with Gasteiger partial charge >= 0.3 is 12.4 Å². The molecule has 12 heteroatoms. The van der Waals surface area contributed by atoms with Crippen LogP contribution in [0.15, 0.2) is 78.9 Å². The lowest BCUT2D eigenvalue weighted by Crippen LogP contribution is -2.55. The second-order valence-electron chi connectivity index (χ2n) is 13.1. The maximum absolute atomic E-state index is 15.1. The van der Waals surface area contributed by atoms with Gasteiger partial charge in [-0.05, 0) is 104 Å². The summed E-state index contributed by atoms with van der Waals surface area (Å²) in [5.74, 6) is -3.91. The van der Waals surface area contributed by atoms with Crippen molar-refractivity contribution in [1.29, 1.82) is 0 Å². The molecule has 6 nitrogen and oxygen atoms in total. The summed E-state index contributed by atoms with van der Waals surface area (Å²) in [6.07, 6.45) is -12.1. The van der Waals surface area contributed by atoms with Crippen LogP contribution in [0.3, 0.4) is 0 Å². The van der Waals surface area contributed by atoms with Crippen LogP contribution in [0, 0.1) is 13.8 Å².